The zero-order chi connectivity index (χ0) is 11.1. The molecule has 2 heterocycles. The molecule has 4 heteroatoms. The standard InChI is InChI=1S/C12H13BrN2O/c13-9-3-1-8-2-4-10-6-14-12(16)7-15(10)11(8)5-9/h1,3,5,10H,2,4,6-7H2,(H,14,16). The largest absolute Gasteiger partial charge is 0.357 e. The maximum Gasteiger partial charge on any atom is 0.239 e. The average Bonchev–Trinajstić information content (AvgIpc) is 2.29. The van der Waals surface area contributed by atoms with E-state index < -0.39 is 0 Å². The summed E-state index contributed by atoms with van der Waals surface area (Å²) in [6.45, 7) is 1.28. The topological polar surface area (TPSA) is 32.3 Å². The van der Waals surface area contributed by atoms with Crippen LogP contribution in [0.25, 0.3) is 0 Å². The zero-order valence-electron chi connectivity index (χ0n) is 8.87. The Balaban J connectivity index is 2.02. The smallest absolute Gasteiger partial charge is 0.239 e. The number of piperazine rings is 1. The van der Waals surface area contributed by atoms with Crippen molar-refractivity contribution in [2.75, 3.05) is 18.0 Å². The lowest BCUT2D eigenvalue weighted by Crippen LogP contribution is -2.56. The van der Waals surface area contributed by atoms with Crippen molar-refractivity contribution in [3.63, 3.8) is 0 Å². The van der Waals surface area contributed by atoms with Crippen molar-refractivity contribution in [1.82, 2.24) is 5.32 Å². The quantitative estimate of drug-likeness (QED) is 0.785. The van der Waals surface area contributed by atoms with Crippen molar-refractivity contribution in [2.45, 2.75) is 18.9 Å². The predicted molar refractivity (Wildman–Crippen MR) is 66.6 cm³/mol. The third-order valence-corrected chi connectivity index (χ3v) is 3.89. The highest BCUT2D eigenvalue weighted by Crippen LogP contribution is 2.33. The number of nitrogens with zero attached hydrogens (tertiary/aromatic N) is 1. The van der Waals surface area contributed by atoms with Gasteiger partial charge in [0.2, 0.25) is 5.91 Å². The van der Waals surface area contributed by atoms with Gasteiger partial charge < -0.3 is 10.2 Å². The van der Waals surface area contributed by atoms with Gasteiger partial charge in [-0.05, 0) is 30.5 Å². The third-order valence-electron chi connectivity index (χ3n) is 3.39. The molecule has 0 bridgehead atoms. The van der Waals surface area contributed by atoms with Gasteiger partial charge in [0.05, 0.1) is 6.54 Å². The number of amides is 1. The lowest BCUT2D eigenvalue weighted by atomic mass is 9.94. The highest BCUT2D eigenvalue weighted by molar-refractivity contribution is 9.10. The van der Waals surface area contributed by atoms with E-state index >= 15 is 0 Å². The number of rotatable bonds is 0. The van der Waals surface area contributed by atoms with E-state index in [0.29, 0.717) is 12.6 Å². The summed E-state index contributed by atoms with van der Waals surface area (Å²) in [5, 5.41) is 2.93. The molecule has 84 valence electrons. The highest BCUT2D eigenvalue weighted by atomic mass is 79.9. The summed E-state index contributed by atoms with van der Waals surface area (Å²) in [6.07, 6.45) is 2.24. The number of anilines is 1. The van der Waals surface area contributed by atoms with E-state index in [2.05, 4.69) is 44.3 Å². The molecule has 16 heavy (non-hydrogen) atoms. The minimum absolute atomic E-state index is 0.129. The van der Waals surface area contributed by atoms with E-state index in [1.165, 1.54) is 11.3 Å². The van der Waals surface area contributed by atoms with Crippen LogP contribution in [0.2, 0.25) is 0 Å². The fraction of sp³-hybridized carbons (Fsp3) is 0.417. The van der Waals surface area contributed by atoms with Crippen molar-refractivity contribution in [3.8, 4) is 0 Å². The first kappa shape index (κ1) is 10.1. The SMILES string of the molecule is O=C1CN2c3cc(Br)ccc3CCC2CN1. The first-order valence-electron chi connectivity index (χ1n) is 5.56. The molecule has 1 atom stereocenters. The average molecular weight is 281 g/mol. The second-order valence-electron chi connectivity index (χ2n) is 4.40. The van der Waals surface area contributed by atoms with Gasteiger partial charge in [0.25, 0.3) is 0 Å². The molecule has 1 N–H and O–H groups in total. The molecule has 3 nitrogen and oxygen atoms in total. The summed E-state index contributed by atoms with van der Waals surface area (Å²) in [4.78, 5) is 13.7. The van der Waals surface area contributed by atoms with Crippen molar-refractivity contribution in [3.05, 3.63) is 28.2 Å². The van der Waals surface area contributed by atoms with Crippen molar-refractivity contribution < 1.29 is 4.79 Å². The number of fused-ring (bicyclic) bond motifs is 3. The maximum atomic E-state index is 11.4. The van der Waals surface area contributed by atoms with Gasteiger partial charge in [-0.25, -0.2) is 0 Å². The van der Waals surface area contributed by atoms with E-state index in [4.69, 9.17) is 0 Å². The van der Waals surface area contributed by atoms with Crippen LogP contribution in [0.5, 0.6) is 0 Å². The second-order valence-corrected chi connectivity index (χ2v) is 5.31. The summed E-state index contributed by atoms with van der Waals surface area (Å²) in [6, 6.07) is 6.82. The van der Waals surface area contributed by atoms with Gasteiger partial charge in [0.1, 0.15) is 0 Å². The monoisotopic (exact) mass is 280 g/mol. The summed E-state index contributed by atoms with van der Waals surface area (Å²) in [7, 11) is 0. The minimum Gasteiger partial charge on any atom is -0.357 e. The maximum absolute atomic E-state index is 11.4. The molecule has 1 saturated heterocycles. The van der Waals surface area contributed by atoms with E-state index in [9.17, 15) is 4.79 Å². The van der Waals surface area contributed by atoms with Gasteiger partial charge in [-0.15, -0.1) is 0 Å². The van der Waals surface area contributed by atoms with Gasteiger partial charge in [0, 0.05) is 22.7 Å². The Morgan fingerprint density at radius 1 is 1.44 bits per heavy atom. The molecule has 1 aromatic rings. The molecule has 0 radical (unpaired) electrons. The molecule has 0 aliphatic carbocycles. The number of carbonyl (C=O) groups excluding carboxylic acids is 1. The molecule has 0 saturated carbocycles. The molecular formula is C12H13BrN2O. The Morgan fingerprint density at radius 3 is 3.19 bits per heavy atom. The third kappa shape index (κ3) is 1.61. The number of benzene rings is 1. The molecule has 2 aliphatic rings. The van der Waals surface area contributed by atoms with Gasteiger partial charge in [-0.1, -0.05) is 22.0 Å². The number of carbonyl (C=O) groups is 1. The molecule has 1 aromatic carbocycles. The minimum atomic E-state index is 0.129. The molecule has 0 spiro atoms. The van der Waals surface area contributed by atoms with Crippen molar-refractivity contribution in [1.29, 1.82) is 0 Å². The van der Waals surface area contributed by atoms with E-state index in [-0.39, 0.29) is 5.91 Å². The Labute approximate surface area is 103 Å². The first-order chi connectivity index (χ1) is 7.74. The number of aryl methyl sites for hydroxylation is 1. The summed E-state index contributed by atoms with van der Waals surface area (Å²) in [5.41, 5.74) is 2.58. The summed E-state index contributed by atoms with van der Waals surface area (Å²) >= 11 is 3.49. The Morgan fingerprint density at radius 2 is 2.31 bits per heavy atom. The fourth-order valence-electron chi connectivity index (χ4n) is 2.56. The van der Waals surface area contributed by atoms with Crippen LogP contribution in [0.15, 0.2) is 22.7 Å². The van der Waals surface area contributed by atoms with Crippen molar-refractivity contribution >= 4 is 27.5 Å². The van der Waals surface area contributed by atoms with Crippen LogP contribution in [0.3, 0.4) is 0 Å². The van der Waals surface area contributed by atoms with Crippen LogP contribution in [0.4, 0.5) is 5.69 Å². The Bertz CT molecular complexity index is 447. The van der Waals surface area contributed by atoms with Gasteiger partial charge in [0.15, 0.2) is 0 Å². The number of hydrogen-bond acceptors (Lipinski definition) is 2. The lowest BCUT2D eigenvalue weighted by molar-refractivity contribution is -0.120. The van der Waals surface area contributed by atoms with E-state index in [0.717, 1.165) is 23.9 Å². The molecule has 0 aromatic heterocycles. The fourth-order valence-corrected chi connectivity index (χ4v) is 2.91. The van der Waals surface area contributed by atoms with Crippen LogP contribution >= 0.6 is 15.9 Å². The highest BCUT2D eigenvalue weighted by Gasteiger charge is 2.31. The van der Waals surface area contributed by atoms with Gasteiger partial charge in [-0.2, -0.15) is 0 Å². The molecule has 1 amide bonds. The van der Waals surface area contributed by atoms with Crippen LogP contribution in [-0.2, 0) is 11.2 Å². The van der Waals surface area contributed by atoms with Crippen LogP contribution in [0.1, 0.15) is 12.0 Å². The van der Waals surface area contributed by atoms with Crippen LogP contribution in [0, 0.1) is 0 Å². The van der Waals surface area contributed by atoms with Crippen LogP contribution in [-0.4, -0.2) is 25.0 Å². The first-order valence-corrected chi connectivity index (χ1v) is 6.35. The number of nitrogens with one attached hydrogen (secondary N) is 1. The molecular weight excluding hydrogens is 268 g/mol. The van der Waals surface area contributed by atoms with Gasteiger partial charge >= 0.3 is 0 Å². The molecule has 3 rings (SSSR count). The Kier molecular flexibility index (Phi) is 2.39. The number of halogens is 1. The molecule has 2 aliphatic heterocycles. The predicted octanol–water partition coefficient (Wildman–Crippen LogP) is 1.70. The summed E-state index contributed by atoms with van der Waals surface area (Å²) < 4.78 is 1.08. The number of hydrogen-bond donors (Lipinski definition) is 1. The van der Waals surface area contributed by atoms with E-state index in [1.54, 1.807) is 0 Å². The second kappa shape index (κ2) is 3.77. The zero-order valence-corrected chi connectivity index (χ0v) is 10.5. The lowest BCUT2D eigenvalue weighted by Gasteiger charge is -2.41. The Hall–Kier alpha value is -1.03. The van der Waals surface area contributed by atoms with Gasteiger partial charge in [-0.3, -0.25) is 4.79 Å². The van der Waals surface area contributed by atoms with E-state index in [1.807, 2.05) is 0 Å². The normalized spacial score (nSPS) is 23.4. The van der Waals surface area contributed by atoms with Crippen LogP contribution < -0.4 is 10.2 Å². The molecule has 1 fully saturated rings. The molecule has 1 unspecified atom stereocenters. The van der Waals surface area contributed by atoms with Crippen molar-refractivity contribution in [2.24, 2.45) is 0 Å². The summed E-state index contributed by atoms with van der Waals surface area (Å²) in [5.74, 6) is 0.129.